The number of rotatable bonds is 7. The number of hydrogen-bond donors (Lipinski definition) is 3. The summed E-state index contributed by atoms with van der Waals surface area (Å²) in [6.45, 7) is 2.41. The maximum atomic E-state index is 9.95. The van der Waals surface area contributed by atoms with Crippen LogP contribution in [0, 0.1) is 11.3 Å². The van der Waals surface area contributed by atoms with E-state index in [-0.39, 0.29) is 12.7 Å². The van der Waals surface area contributed by atoms with E-state index < -0.39 is 5.54 Å². The molecular formula is C25H29ClN4O. The van der Waals surface area contributed by atoms with E-state index in [9.17, 15) is 5.11 Å². The monoisotopic (exact) mass is 436 g/mol. The Morgan fingerprint density at radius 3 is 2.48 bits per heavy atom. The van der Waals surface area contributed by atoms with Gasteiger partial charge in [0.2, 0.25) is 0 Å². The SMILES string of the molecule is Cn1cccc1CN(CO)C(=N)NC(C)(c1cccc(-c2cccc(Cl)c2)c1)C1CC1. The summed E-state index contributed by atoms with van der Waals surface area (Å²) < 4.78 is 2.00. The lowest BCUT2D eigenvalue weighted by Crippen LogP contribution is -2.51. The number of aliphatic hydroxyl groups is 1. The fourth-order valence-electron chi connectivity index (χ4n) is 4.14. The second-order valence-electron chi connectivity index (χ2n) is 8.49. The first-order valence-corrected chi connectivity index (χ1v) is 11.0. The number of aliphatic hydroxyl groups excluding tert-OH is 1. The molecule has 1 saturated carbocycles. The smallest absolute Gasteiger partial charge is 0.193 e. The molecule has 2 aromatic carbocycles. The summed E-state index contributed by atoms with van der Waals surface area (Å²) in [7, 11) is 1.97. The molecule has 1 aromatic heterocycles. The standard InChI is InChI=1S/C25H29ClN4O/c1-25(20-11-12-20,28-24(27)30(17-31)16-23-10-5-13-29(23)2)21-8-3-6-18(14-21)19-7-4-9-22(26)15-19/h3-10,13-15,20,31H,11-12,16-17H2,1-2H3,(H2,27,28). The third-order valence-corrected chi connectivity index (χ3v) is 6.52. The molecule has 1 aliphatic carbocycles. The van der Waals surface area contributed by atoms with E-state index in [1.165, 1.54) is 0 Å². The average molecular weight is 437 g/mol. The first-order chi connectivity index (χ1) is 14.9. The van der Waals surface area contributed by atoms with Crippen molar-refractivity contribution in [2.45, 2.75) is 31.8 Å². The Balaban J connectivity index is 1.59. The normalized spacial score (nSPS) is 15.4. The van der Waals surface area contributed by atoms with Crippen molar-refractivity contribution in [3.63, 3.8) is 0 Å². The van der Waals surface area contributed by atoms with Crippen molar-refractivity contribution in [3.05, 3.63) is 83.1 Å². The highest BCUT2D eigenvalue weighted by atomic mass is 35.5. The molecule has 0 radical (unpaired) electrons. The van der Waals surface area contributed by atoms with E-state index in [2.05, 4.69) is 42.6 Å². The van der Waals surface area contributed by atoms with Crippen molar-refractivity contribution < 1.29 is 5.11 Å². The molecule has 3 N–H and O–H groups in total. The molecule has 162 valence electrons. The summed E-state index contributed by atoms with van der Waals surface area (Å²) in [6.07, 6.45) is 4.21. The molecule has 1 fully saturated rings. The topological polar surface area (TPSA) is 64.3 Å². The van der Waals surface area contributed by atoms with Crippen LogP contribution in [-0.2, 0) is 19.1 Å². The number of halogens is 1. The van der Waals surface area contributed by atoms with Crippen LogP contribution in [0.1, 0.15) is 31.0 Å². The van der Waals surface area contributed by atoms with Gasteiger partial charge in [-0.15, -0.1) is 0 Å². The highest BCUT2D eigenvalue weighted by molar-refractivity contribution is 6.30. The van der Waals surface area contributed by atoms with Crippen LogP contribution in [0.15, 0.2) is 66.9 Å². The Bertz CT molecular complexity index is 1070. The van der Waals surface area contributed by atoms with Gasteiger partial charge in [0.15, 0.2) is 5.96 Å². The van der Waals surface area contributed by atoms with Crippen molar-refractivity contribution in [2.75, 3.05) is 6.73 Å². The number of nitrogens with one attached hydrogen (secondary N) is 2. The van der Waals surface area contributed by atoms with Crippen molar-refractivity contribution >= 4 is 17.6 Å². The Morgan fingerprint density at radius 1 is 1.16 bits per heavy atom. The van der Waals surface area contributed by atoms with Crippen LogP contribution in [0.4, 0.5) is 0 Å². The highest BCUT2D eigenvalue weighted by Gasteiger charge is 2.44. The second-order valence-corrected chi connectivity index (χ2v) is 8.93. The predicted molar refractivity (Wildman–Crippen MR) is 126 cm³/mol. The Labute approximate surface area is 188 Å². The molecule has 0 amide bonds. The van der Waals surface area contributed by atoms with E-state index in [4.69, 9.17) is 17.0 Å². The number of hydrogen-bond acceptors (Lipinski definition) is 2. The first kappa shape index (κ1) is 21.5. The second kappa shape index (κ2) is 8.77. The first-order valence-electron chi connectivity index (χ1n) is 10.6. The third kappa shape index (κ3) is 4.63. The van der Waals surface area contributed by atoms with E-state index >= 15 is 0 Å². The number of nitrogens with zero attached hydrogens (tertiary/aromatic N) is 2. The van der Waals surface area contributed by atoms with Gasteiger partial charge in [-0.2, -0.15) is 0 Å². The summed E-state index contributed by atoms with van der Waals surface area (Å²) in [5.41, 5.74) is 3.95. The fourth-order valence-corrected chi connectivity index (χ4v) is 4.33. The van der Waals surface area contributed by atoms with Gasteiger partial charge in [-0.3, -0.25) is 5.41 Å². The number of aromatic nitrogens is 1. The van der Waals surface area contributed by atoms with Gasteiger partial charge in [-0.25, -0.2) is 0 Å². The van der Waals surface area contributed by atoms with Gasteiger partial charge >= 0.3 is 0 Å². The maximum absolute atomic E-state index is 9.95. The van der Waals surface area contributed by atoms with Gasteiger partial charge in [0, 0.05) is 24.0 Å². The zero-order valence-electron chi connectivity index (χ0n) is 18.0. The van der Waals surface area contributed by atoms with Crippen molar-refractivity contribution in [2.24, 2.45) is 13.0 Å². The van der Waals surface area contributed by atoms with Crippen molar-refractivity contribution in [1.29, 1.82) is 5.41 Å². The minimum atomic E-state index is -0.396. The molecule has 1 aliphatic rings. The van der Waals surface area contributed by atoms with Gasteiger partial charge in [-0.05, 0) is 72.7 Å². The summed E-state index contributed by atoms with van der Waals surface area (Å²) in [5, 5.41) is 22.8. The van der Waals surface area contributed by atoms with Crippen molar-refractivity contribution in [3.8, 4) is 11.1 Å². The molecule has 1 heterocycles. The molecule has 3 aromatic rings. The minimum Gasteiger partial charge on any atom is -0.376 e. The maximum Gasteiger partial charge on any atom is 0.193 e. The molecule has 0 spiro atoms. The Hall–Kier alpha value is -2.76. The molecular weight excluding hydrogens is 408 g/mol. The zero-order valence-corrected chi connectivity index (χ0v) is 18.7. The van der Waals surface area contributed by atoms with E-state index in [0.29, 0.717) is 17.5 Å². The van der Waals surface area contributed by atoms with Gasteiger partial charge in [0.1, 0.15) is 6.73 Å². The van der Waals surface area contributed by atoms with E-state index in [0.717, 1.165) is 35.2 Å². The van der Waals surface area contributed by atoms with E-state index in [1.807, 2.05) is 48.1 Å². The van der Waals surface area contributed by atoms with Crippen LogP contribution in [0.25, 0.3) is 11.1 Å². The molecule has 31 heavy (non-hydrogen) atoms. The molecule has 1 unspecified atom stereocenters. The Morgan fingerprint density at radius 2 is 1.87 bits per heavy atom. The van der Waals surface area contributed by atoms with Gasteiger partial charge < -0.3 is 19.9 Å². The minimum absolute atomic E-state index is 0.222. The van der Waals surface area contributed by atoms with Gasteiger partial charge in [0.05, 0.1) is 12.1 Å². The van der Waals surface area contributed by atoms with Crippen LogP contribution in [0.5, 0.6) is 0 Å². The molecule has 6 heteroatoms. The van der Waals surface area contributed by atoms with Crippen LogP contribution in [-0.4, -0.2) is 27.3 Å². The van der Waals surface area contributed by atoms with Crippen LogP contribution >= 0.6 is 11.6 Å². The lowest BCUT2D eigenvalue weighted by atomic mass is 9.85. The molecule has 0 bridgehead atoms. The van der Waals surface area contributed by atoms with Gasteiger partial charge in [-0.1, -0.05) is 41.9 Å². The Kier molecular flexibility index (Phi) is 6.08. The molecule has 0 saturated heterocycles. The number of aryl methyl sites for hydroxylation is 1. The lowest BCUT2D eigenvalue weighted by molar-refractivity contribution is 0.153. The lowest BCUT2D eigenvalue weighted by Gasteiger charge is -2.36. The number of guanidine groups is 1. The third-order valence-electron chi connectivity index (χ3n) is 6.28. The van der Waals surface area contributed by atoms with Crippen LogP contribution in [0.2, 0.25) is 5.02 Å². The van der Waals surface area contributed by atoms with Crippen molar-refractivity contribution in [1.82, 2.24) is 14.8 Å². The quantitative estimate of drug-likeness (QED) is 0.279. The zero-order chi connectivity index (χ0) is 22.0. The average Bonchev–Trinajstić information content (AvgIpc) is 3.55. The van der Waals surface area contributed by atoms with E-state index in [1.54, 1.807) is 4.90 Å². The predicted octanol–water partition coefficient (Wildman–Crippen LogP) is 4.95. The van der Waals surface area contributed by atoms with Crippen LogP contribution < -0.4 is 5.32 Å². The molecule has 4 rings (SSSR count). The summed E-state index contributed by atoms with van der Waals surface area (Å²) in [6, 6.07) is 20.3. The highest BCUT2D eigenvalue weighted by Crippen LogP contribution is 2.46. The fraction of sp³-hybridized carbons (Fsp3) is 0.320. The molecule has 1 atom stereocenters. The summed E-state index contributed by atoms with van der Waals surface area (Å²) in [4.78, 5) is 1.65. The van der Waals surface area contributed by atoms with Gasteiger partial charge in [0.25, 0.3) is 0 Å². The van der Waals surface area contributed by atoms with Crippen LogP contribution in [0.3, 0.4) is 0 Å². The molecule has 0 aliphatic heterocycles. The summed E-state index contributed by atoms with van der Waals surface area (Å²) in [5.74, 6) is 0.671. The molecule has 5 nitrogen and oxygen atoms in total. The largest absolute Gasteiger partial charge is 0.376 e. The number of benzene rings is 2. The summed E-state index contributed by atoms with van der Waals surface area (Å²) >= 11 is 6.20.